The maximum atomic E-state index is 13.7. The van der Waals surface area contributed by atoms with Crippen molar-refractivity contribution in [2.24, 2.45) is 0 Å². The number of hydrogen-bond donors (Lipinski definition) is 0. The third-order valence-corrected chi connectivity index (χ3v) is 4.47. The predicted octanol–water partition coefficient (Wildman–Crippen LogP) is 5.58. The quantitative estimate of drug-likeness (QED) is 0.408. The van der Waals surface area contributed by atoms with Gasteiger partial charge in [0.1, 0.15) is 23.5 Å². The zero-order valence-corrected chi connectivity index (χ0v) is 15.1. The van der Waals surface area contributed by atoms with Crippen LogP contribution in [0.25, 0.3) is 28.2 Å². The normalized spacial score (nSPS) is 11.9. The van der Waals surface area contributed by atoms with E-state index in [1.165, 1.54) is 12.1 Å². The monoisotopic (exact) mass is 406 g/mol. The van der Waals surface area contributed by atoms with Gasteiger partial charge < -0.3 is 0 Å². The molecule has 0 bridgehead atoms. The molecule has 0 aliphatic rings. The van der Waals surface area contributed by atoms with Crippen LogP contribution in [-0.4, -0.2) is 19.4 Å². The highest BCUT2D eigenvalue weighted by atomic mass is 35.5. The summed E-state index contributed by atoms with van der Waals surface area (Å²) in [4.78, 5) is 12.6. The van der Waals surface area contributed by atoms with Crippen molar-refractivity contribution in [2.45, 2.75) is 13.1 Å². The van der Waals surface area contributed by atoms with Gasteiger partial charge in [-0.3, -0.25) is 9.38 Å². The third kappa shape index (κ3) is 3.20. The first kappa shape index (κ1) is 18.4. The number of aryl methyl sites for hydroxylation is 1. The Balaban J connectivity index is 2.01. The molecular formula is C19H11ClF4N4. The number of hydrogen-bond acceptors (Lipinski definition) is 3. The van der Waals surface area contributed by atoms with Crippen LogP contribution in [0.5, 0.6) is 0 Å². The summed E-state index contributed by atoms with van der Waals surface area (Å²) in [7, 11) is 0. The smallest absolute Gasteiger partial charge is 0.278 e. The molecule has 142 valence electrons. The Bertz CT molecular complexity index is 1200. The second kappa shape index (κ2) is 6.56. The summed E-state index contributed by atoms with van der Waals surface area (Å²) in [5.74, 6) is -0.667. The van der Waals surface area contributed by atoms with Gasteiger partial charge in [-0.1, -0.05) is 11.6 Å². The fourth-order valence-corrected chi connectivity index (χ4v) is 3.07. The lowest BCUT2D eigenvalue weighted by Gasteiger charge is -2.12. The molecule has 3 heterocycles. The van der Waals surface area contributed by atoms with Crippen LogP contribution in [0.3, 0.4) is 0 Å². The van der Waals surface area contributed by atoms with Crippen LogP contribution >= 0.6 is 11.6 Å². The molecule has 0 aliphatic carbocycles. The van der Waals surface area contributed by atoms with Crippen molar-refractivity contribution in [2.75, 3.05) is 0 Å². The van der Waals surface area contributed by atoms with Gasteiger partial charge in [0.05, 0.1) is 10.7 Å². The number of benzene rings is 1. The van der Waals surface area contributed by atoms with Gasteiger partial charge in [-0.15, -0.1) is 0 Å². The number of nitrogens with zero attached hydrogens (tertiary/aromatic N) is 4. The van der Waals surface area contributed by atoms with Crippen molar-refractivity contribution in [3.8, 4) is 22.5 Å². The lowest BCUT2D eigenvalue weighted by Crippen LogP contribution is -2.12. The second-order valence-corrected chi connectivity index (χ2v) is 6.53. The van der Waals surface area contributed by atoms with Crippen LogP contribution in [0, 0.1) is 12.7 Å². The van der Waals surface area contributed by atoms with Crippen molar-refractivity contribution in [1.29, 1.82) is 0 Å². The largest absolute Gasteiger partial charge is 0.431 e. The van der Waals surface area contributed by atoms with Gasteiger partial charge in [0.2, 0.25) is 0 Å². The number of fused-ring (bicyclic) bond motifs is 1. The third-order valence-electron chi connectivity index (χ3n) is 4.18. The molecule has 9 heteroatoms. The molecule has 0 aliphatic heterocycles. The standard InChI is InChI=1S/C19H11ClF4N4/c1-10-6-12(4-5-25-10)17-18-27-15(11-2-3-14(21)13(20)7-11)8-16(19(22,23)24)28(18)9-26-17/h2-9H,1H3. The number of halogens is 5. The topological polar surface area (TPSA) is 43.1 Å². The first-order valence-corrected chi connectivity index (χ1v) is 8.45. The molecule has 0 saturated carbocycles. The molecule has 0 spiro atoms. The first-order chi connectivity index (χ1) is 13.2. The fourth-order valence-electron chi connectivity index (χ4n) is 2.89. The highest BCUT2D eigenvalue weighted by molar-refractivity contribution is 6.31. The Morgan fingerprint density at radius 1 is 1.00 bits per heavy atom. The minimum absolute atomic E-state index is 0.00857. The lowest BCUT2D eigenvalue weighted by molar-refractivity contribution is -0.142. The highest BCUT2D eigenvalue weighted by Gasteiger charge is 2.35. The van der Waals surface area contributed by atoms with E-state index in [4.69, 9.17) is 11.6 Å². The van der Waals surface area contributed by atoms with E-state index in [1.807, 2.05) is 0 Å². The maximum Gasteiger partial charge on any atom is 0.431 e. The molecule has 0 fully saturated rings. The van der Waals surface area contributed by atoms with Crippen LogP contribution in [0.15, 0.2) is 48.9 Å². The van der Waals surface area contributed by atoms with Gasteiger partial charge in [0.25, 0.3) is 0 Å². The molecule has 0 radical (unpaired) electrons. The molecule has 0 unspecified atom stereocenters. The minimum atomic E-state index is -4.65. The summed E-state index contributed by atoms with van der Waals surface area (Å²) >= 11 is 5.79. The Morgan fingerprint density at radius 3 is 2.46 bits per heavy atom. The summed E-state index contributed by atoms with van der Waals surface area (Å²) in [5, 5.41) is -0.203. The van der Waals surface area contributed by atoms with E-state index in [1.54, 1.807) is 25.3 Å². The van der Waals surface area contributed by atoms with E-state index in [9.17, 15) is 17.6 Å². The molecule has 4 nitrogen and oxygen atoms in total. The Kier molecular flexibility index (Phi) is 4.30. The molecular weight excluding hydrogens is 396 g/mol. The molecule has 0 atom stereocenters. The van der Waals surface area contributed by atoms with E-state index >= 15 is 0 Å². The molecule has 1 aromatic carbocycles. The summed E-state index contributed by atoms with van der Waals surface area (Å²) in [6, 6.07) is 7.89. The summed E-state index contributed by atoms with van der Waals surface area (Å²) in [5.41, 5.74) is 0.909. The molecule has 4 rings (SSSR count). The van der Waals surface area contributed by atoms with Crippen molar-refractivity contribution in [3.05, 3.63) is 71.2 Å². The molecule has 0 N–H and O–H groups in total. The zero-order valence-electron chi connectivity index (χ0n) is 14.3. The van der Waals surface area contributed by atoms with E-state index in [2.05, 4.69) is 15.0 Å². The average molecular weight is 407 g/mol. The number of aromatic nitrogens is 4. The molecule has 0 amide bonds. The average Bonchev–Trinajstić information content (AvgIpc) is 3.06. The van der Waals surface area contributed by atoms with Crippen LogP contribution in [-0.2, 0) is 6.18 Å². The lowest BCUT2D eigenvalue weighted by atomic mass is 10.1. The Labute approximate surface area is 161 Å². The minimum Gasteiger partial charge on any atom is -0.278 e. The van der Waals surface area contributed by atoms with Crippen molar-refractivity contribution < 1.29 is 17.6 Å². The maximum absolute atomic E-state index is 13.7. The van der Waals surface area contributed by atoms with E-state index < -0.39 is 17.7 Å². The molecule has 28 heavy (non-hydrogen) atoms. The van der Waals surface area contributed by atoms with Crippen LogP contribution in [0.2, 0.25) is 5.02 Å². The number of rotatable bonds is 2. The van der Waals surface area contributed by atoms with E-state index in [-0.39, 0.29) is 27.6 Å². The zero-order chi connectivity index (χ0) is 20.1. The van der Waals surface area contributed by atoms with Gasteiger partial charge in [0, 0.05) is 23.0 Å². The summed E-state index contributed by atoms with van der Waals surface area (Å²) in [6.07, 6.45) is -2.02. The molecule has 3 aromatic heterocycles. The highest BCUT2D eigenvalue weighted by Crippen LogP contribution is 2.35. The van der Waals surface area contributed by atoms with Crippen molar-refractivity contribution in [1.82, 2.24) is 19.4 Å². The Morgan fingerprint density at radius 2 is 1.79 bits per heavy atom. The van der Waals surface area contributed by atoms with Crippen molar-refractivity contribution in [3.63, 3.8) is 0 Å². The number of pyridine rings is 1. The van der Waals surface area contributed by atoms with Gasteiger partial charge in [-0.05, 0) is 43.3 Å². The van der Waals surface area contributed by atoms with E-state index in [0.29, 0.717) is 11.3 Å². The van der Waals surface area contributed by atoms with Crippen LogP contribution in [0.1, 0.15) is 11.4 Å². The van der Waals surface area contributed by atoms with Crippen LogP contribution in [0.4, 0.5) is 17.6 Å². The van der Waals surface area contributed by atoms with Gasteiger partial charge in [-0.2, -0.15) is 13.2 Å². The summed E-state index contributed by atoms with van der Waals surface area (Å²) < 4.78 is 55.3. The van der Waals surface area contributed by atoms with Gasteiger partial charge in [-0.25, -0.2) is 14.4 Å². The van der Waals surface area contributed by atoms with Crippen molar-refractivity contribution >= 4 is 17.2 Å². The fraction of sp³-hybridized carbons (Fsp3) is 0.105. The second-order valence-electron chi connectivity index (χ2n) is 6.13. The molecule has 4 aromatic rings. The number of imidazole rings is 1. The van der Waals surface area contributed by atoms with Crippen LogP contribution < -0.4 is 0 Å². The predicted molar refractivity (Wildman–Crippen MR) is 96.4 cm³/mol. The number of alkyl halides is 3. The van der Waals surface area contributed by atoms with Gasteiger partial charge >= 0.3 is 6.18 Å². The first-order valence-electron chi connectivity index (χ1n) is 8.08. The van der Waals surface area contributed by atoms with Gasteiger partial charge in [0.15, 0.2) is 5.65 Å². The van der Waals surface area contributed by atoms with E-state index in [0.717, 1.165) is 22.9 Å². The molecule has 0 saturated heterocycles. The Hall–Kier alpha value is -3.00. The summed E-state index contributed by atoms with van der Waals surface area (Å²) in [6.45, 7) is 1.77. The SMILES string of the molecule is Cc1cc(-c2ncn3c(C(F)(F)F)cc(-c4ccc(F)c(Cl)c4)nc23)ccn1.